The van der Waals surface area contributed by atoms with Gasteiger partial charge in [0.15, 0.2) is 0 Å². The predicted molar refractivity (Wildman–Crippen MR) is 81.8 cm³/mol. The number of hydrogen-bond acceptors (Lipinski definition) is 3. The van der Waals surface area contributed by atoms with E-state index in [-0.39, 0.29) is 11.8 Å². The second-order valence-corrected chi connectivity index (χ2v) is 6.81. The van der Waals surface area contributed by atoms with Crippen LogP contribution in [0.5, 0.6) is 0 Å². The first-order valence-corrected chi connectivity index (χ1v) is 8.08. The number of nitrogens with one attached hydrogen (secondary N) is 1. The molecule has 1 aliphatic heterocycles. The first-order valence-electron chi connectivity index (χ1n) is 8.08. The largest absolute Gasteiger partial charge is 0.355 e. The zero-order chi connectivity index (χ0) is 15.0. The number of aromatic nitrogens is 2. The summed E-state index contributed by atoms with van der Waals surface area (Å²) in [4.78, 5) is 19.5. The van der Waals surface area contributed by atoms with Crippen molar-refractivity contribution in [3.63, 3.8) is 0 Å². The van der Waals surface area contributed by atoms with Gasteiger partial charge in [-0.1, -0.05) is 6.42 Å². The molecule has 5 nitrogen and oxygen atoms in total. The molecule has 1 saturated carbocycles. The summed E-state index contributed by atoms with van der Waals surface area (Å²) in [5.41, 5.74) is 2.15. The molecule has 1 aromatic heterocycles. The maximum absolute atomic E-state index is 12.6. The highest BCUT2D eigenvalue weighted by Gasteiger charge is 2.34. The Morgan fingerprint density at radius 2 is 2.24 bits per heavy atom. The van der Waals surface area contributed by atoms with Crippen LogP contribution < -0.4 is 5.32 Å². The number of imidazole rings is 1. The summed E-state index contributed by atoms with van der Waals surface area (Å²) in [5.74, 6) is 0.769. The number of nitrogens with zero attached hydrogens (tertiary/aromatic N) is 3. The Bertz CT molecular complexity index is 518. The van der Waals surface area contributed by atoms with Crippen LogP contribution in [0.1, 0.15) is 50.4 Å². The van der Waals surface area contributed by atoms with E-state index in [2.05, 4.69) is 29.0 Å². The number of carbonyl (C=O) groups is 1. The molecule has 2 heterocycles. The van der Waals surface area contributed by atoms with Gasteiger partial charge in [0.1, 0.15) is 0 Å². The van der Waals surface area contributed by atoms with Crippen LogP contribution in [0.2, 0.25) is 0 Å². The molecule has 0 radical (unpaired) electrons. The minimum absolute atomic E-state index is 0.0938. The van der Waals surface area contributed by atoms with E-state index >= 15 is 0 Å². The van der Waals surface area contributed by atoms with Crippen molar-refractivity contribution >= 4 is 5.91 Å². The van der Waals surface area contributed by atoms with Gasteiger partial charge >= 0.3 is 0 Å². The Balaban J connectivity index is 1.74. The van der Waals surface area contributed by atoms with Gasteiger partial charge in [-0.05, 0) is 32.6 Å². The Morgan fingerprint density at radius 1 is 1.48 bits per heavy atom. The van der Waals surface area contributed by atoms with Gasteiger partial charge in [0.2, 0.25) is 5.91 Å². The van der Waals surface area contributed by atoms with E-state index in [1.165, 1.54) is 19.3 Å². The van der Waals surface area contributed by atoms with Crippen LogP contribution in [0.4, 0.5) is 0 Å². The Labute approximate surface area is 126 Å². The summed E-state index contributed by atoms with van der Waals surface area (Å²) >= 11 is 0. The SMILES string of the molecule is CC(C)N1Cc2ncn(C)c2[C@H](C(=O)NCC2CCC2)C1. The number of aryl methyl sites for hydroxylation is 1. The van der Waals surface area contributed by atoms with Gasteiger partial charge in [0.05, 0.1) is 23.6 Å². The fraction of sp³-hybridized carbons (Fsp3) is 0.750. The minimum Gasteiger partial charge on any atom is -0.355 e. The highest BCUT2D eigenvalue weighted by Crippen LogP contribution is 2.29. The molecule has 1 fully saturated rings. The molecule has 21 heavy (non-hydrogen) atoms. The third kappa shape index (κ3) is 2.84. The second kappa shape index (κ2) is 5.79. The van der Waals surface area contributed by atoms with Crippen LogP contribution in [0.25, 0.3) is 0 Å². The molecule has 116 valence electrons. The van der Waals surface area contributed by atoms with Crippen LogP contribution in [-0.2, 0) is 18.4 Å². The lowest BCUT2D eigenvalue weighted by Gasteiger charge is -2.35. The molecule has 0 bridgehead atoms. The molecule has 1 aromatic rings. The van der Waals surface area contributed by atoms with E-state index in [9.17, 15) is 4.79 Å². The number of fused-ring (bicyclic) bond motifs is 1. The van der Waals surface area contributed by atoms with E-state index < -0.39 is 0 Å². The van der Waals surface area contributed by atoms with Crippen molar-refractivity contribution in [2.75, 3.05) is 13.1 Å². The lowest BCUT2D eigenvalue weighted by molar-refractivity contribution is -0.124. The maximum atomic E-state index is 12.6. The molecular weight excluding hydrogens is 264 g/mol. The molecule has 5 heteroatoms. The van der Waals surface area contributed by atoms with Crippen molar-refractivity contribution in [2.45, 2.75) is 51.6 Å². The number of rotatable bonds is 4. The van der Waals surface area contributed by atoms with Crippen molar-refractivity contribution in [1.82, 2.24) is 19.8 Å². The lowest BCUT2D eigenvalue weighted by Crippen LogP contribution is -2.45. The molecule has 1 aliphatic carbocycles. The van der Waals surface area contributed by atoms with Crippen molar-refractivity contribution < 1.29 is 4.79 Å². The van der Waals surface area contributed by atoms with Crippen LogP contribution in [0, 0.1) is 5.92 Å². The predicted octanol–water partition coefficient (Wildman–Crippen LogP) is 1.64. The fourth-order valence-electron chi connectivity index (χ4n) is 3.30. The third-order valence-corrected chi connectivity index (χ3v) is 5.00. The molecule has 1 amide bonds. The molecule has 2 aliphatic rings. The molecule has 0 saturated heterocycles. The molecule has 0 aromatic carbocycles. The first-order chi connectivity index (χ1) is 10.1. The maximum Gasteiger partial charge on any atom is 0.230 e. The van der Waals surface area contributed by atoms with E-state index in [0.29, 0.717) is 12.0 Å². The van der Waals surface area contributed by atoms with E-state index in [0.717, 1.165) is 31.0 Å². The third-order valence-electron chi connectivity index (χ3n) is 5.00. The molecule has 0 unspecified atom stereocenters. The highest BCUT2D eigenvalue weighted by atomic mass is 16.1. The van der Waals surface area contributed by atoms with Gasteiger partial charge in [0.25, 0.3) is 0 Å². The normalized spacial score (nSPS) is 23.0. The van der Waals surface area contributed by atoms with Gasteiger partial charge < -0.3 is 9.88 Å². The van der Waals surface area contributed by atoms with Gasteiger partial charge in [-0.15, -0.1) is 0 Å². The first kappa shape index (κ1) is 14.6. The monoisotopic (exact) mass is 290 g/mol. The summed E-state index contributed by atoms with van der Waals surface area (Å²) in [7, 11) is 1.99. The minimum atomic E-state index is -0.0938. The van der Waals surface area contributed by atoms with Crippen LogP contribution in [0.3, 0.4) is 0 Å². The van der Waals surface area contributed by atoms with Crippen molar-refractivity contribution in [3.05, 3.63) is 17.7 Å². The van der Waals surface area contributed by atoms with Gasteiger partial charge in [0, 0.05) is 32.7 Å². The van der Waals surface area contributed by atoms with Gasteiger partial charge in [-0.2, -0.15) is 0 Å². The second-order valence-electron chi connectivity index (χ2n) is 6.81. The van der Waals surface area contributed by atoms with E-state index in [1.807, 2.05) is 17.9 Å². The van der Waals surface area contributed by atoms with Gasteiger partial charge in [-0.25, -0.2) is 4.98 Å². The van der Waals surface area contributed by atoms with Crippen LogP contribution in [0.15, 0.2) is 6.33 Å². The van der Waals surface area contributed by atoms with Crippen molar-refractivity contribution in [2.24, 2.45) is 13.0 Å². The molecule has 0 spiro atoms. The number of hydrogen-bond donors (Lipinski definition) is 1. The van der Waals surface area contributed by atoms with Gasteiger partial charge in [-0.3, -0.25) is 9.69 Å². The summed E-state index contributed by atoms with van der Waals surface area (Å²) < 4.78 is 2.01. The molecule has 1 N–H and O–H groups in total. The summed E-state index contributed by atoms with van der Waals surface area (Å²) in [5, 5.41) is 3.16. The molecule has 3 rings (SSSR count). The summed E-state index contributed by atoms with van der Waals surface area (Å²) in [6.07, 6.45) is 5.68. The highest BCUT2D eigenvalue weighted by molar-refractivity contribution is 5.84. The molecular formula is C16H26N4O. The Morgan fingerprint density at radius 3 is 2.86 bits per heavy atom. The van der Waals surface area contributed by atoms with E-state index in [4.69, 9.17) is 0 Å². The Kier molecular flexibility index (Phi) is 4.02. The average molecular weight is 290 g/mol. The van der Waals surface area contributed by atoms with Crippen molar-refractivity contribution in [1.29, 1.82) is 0 Å². The smallest absolute Gasteiger partial charge is 0.230 e. The lowest BCUT2D eigenvalue weighted by atomic mass is 9.85. The Hall–Kier alpha value is -1.36. The number of carbonyl (C=O) groups excluding carboxylic acids is 1. The van der Waals surface area contributed by atoms with Crippen molar-refractivity contribution in [3.8, 4) is 0 Å². The quantitative estimate of drug-likeness (QED) is 0.917. The fourth-order valence-corrected chi connectivity index (χ4v) is 3.30. The number of amides is 1. The summed E-state index contributed by atoms with van der Waals surface area (Å²) in [6.45, 7) is 6.83. The molecule has 1 atom stereocenters. The topological polar surface area (TPSA) is 50.2 Å². The standard InChI is InChI=1S/C16H26N4O/c1-11(2)20-8-13(15-14(9-20)18-10-19(15)3)16(21)17-7-12-5-4-6-12/h10-13H,4-9H2,1-3H3,(H,17,21)/t13-/m1/s1. The van der Waals surface area contributed by atoms with Crippen LogP contribution >= 0.6 is 0 Å². The zero-order valence-corrected chi connectivity index (χ0v) is 13.3. The summed E-state index contributed by atoms with van der Waals surface area (Å²) in [6, 6.07) is 0.432. The average Bonchev–Trinajstić information content (AvgIpc) is 2.77. The zero-order valence-electron chi connectivity index (χ0n) is 13.3. The van der Waals surface area contributed by atoms with E-state index in [1.54, 1.807) is 0 Å². The van der Waals surface area contributed by atoms with Crippen LogP contribution in [-0.4, -0.2) is 39.5 Å².